The lowest BCUT2D eigenvalue weighted by Gasteiger charge is -2.55. The number of benzene rings is 2. The Bertz CT molecular complexity index is 2560. The third-order valence-corrected chi connectivity index (χ3v) is 27.7. The number of fused-ring (bicyclic) bond motifs is 10. The number of hydrogen-bond acceptors (Lipinski definition) is 8. The molecule has 11 rings (SSSR count). The summed E-state index contributed by atoms with van der Waals surface area (Å²) in [4.78, 5) is 0.854. The molecule has 2 aromatic carbocycles. The Hall–Kier alpha value is -2.34. The van der Waals surface area contributed by atoms with Crippen molar-refractivity contribution in [2.45, 2.75) is 251 Å². The zero-order valence-corrected chi connectivity index (χ0v) is 49.7. The first-order valence-corrected chi connectivity index (χ1v) is 34.0. The van der Waals surface area contributed by atoms with E-state index in [4.69, 9.17) is 4.74 Å². The molecule has 3 N–H and O–H groups in total. The molecule has 0 bridgehead atoms. The van der Waals surface area contributed by atoms with Crippen molar-refractivity contribution in [1.82, 2.24) is 0 Å². The van der Waals surface area contributed by atoms with Gasteiger partial charge in [0.1, 0.15) is 0 Å². The quantitative estimate of drug-likeness (QED) is 0.125. The summed E-state index contributed by atoms with van der Waals surface area (Å²) in [7, 11) is -6.80. The lowest BCUT2D eigenvalue weighted by Crippen LogP contribution is -2.49. The molecule has 1 heterocycles. The number of hydrogen-bond donors (Lipinski definition) is 3. The van der Waals surface area contributed by atoms with E-state index >= 15 is 0 Å². The van der Waals surface area contributed by atoms with E-state index in [1.165, 1.54) is 63.4 Å². The lowest BCUT2D eigenvalue weighted by molar-refractivity contribution is -0.0462. The van der Waals surface area contributed by atoms with Crippen LogP contribution in [-0.2, 0) is 24.4 Å². The van der Waals surface area contributed by atoms with Gasteiger partial charge >= 0.3 is 0 Å². The van der Waals surface area contributed by atoms with Crippen molar-refractivity contribution in [1.29, 1.82) is 0 Å². The summed E-state index contributed by atoms with van der Waals surface area (Å²) < 4.78 is 59.0. The highest BCUT2D eigenvalue weighted by molar-refractivity contribution is 7.92. The number of sulfone groups is 2. The van der Waals surface area contributed by atoms with Crippen molar-refractivity contribution in [2.24, 2.45) is 81.8 Å². The fourth-order valence-corrected chi connectivity index (χ4v) is 22.6. The van der Waals surface area contributed by atoms with Crippen LogP contribution >= 0.6 is 0 Å². The minimum Gasteiger partial charge on any atom is -0.393 e. The second kappa shape index (κ2) is 26.3. The summed E-state index contributed by atoms with van der Waals surface area (Å²) in [5, 5.41) is 32.0. The van der Waals surface area contributed by atoms with Gasteiger partial charge in [0.2, 0.25) is 0 Å². The summed E-state index contributed by atoms with van der Waals surface area (Å²) in [6.07, 6.45) is 26.6. The first-order chi connectivity index (χ1) is 36.1. The number of ether oxygens (including phenoxy) is 1. The molecule has 1 saturated heterocycles. The molecule has 8 aliphatic carbocycles. The van der Waals surface area contributed by atoms with E-state index in [0.717, 1.165) is 82.7 Å². The highest BCUT2D eigenvalue weighted by Gasteiger charge is 2.60. The summed E-state index contributed by atoms with van der Waals surface area (Å²) in [5.74, 6) is 6.85. The van der Waals surface area contributed by atoms with Gasteiger partial charge in [0.15, 0.2) is 19.7 Å². The number of epoxide rings is 1. The van der Waals surface area contributed by atoms with Crippen LogP contribution in [0.25, 0.3) is 0 Å². The molecule has 8 nitrogen and oxygen atoms in total. The zero-order chi connectivity index (χ0) is 54.4. The Kier molecular flexibility index (Phi) is 21.9. The number of allylic oxidation sites excluding steroid dienone is 2. The highest BCUT2D eigenvalue weighted by Crippen LogP contribution is 2.67. The average Bonchev–Trinajstić information content (AvgIpc) is 4.28. The van der Waals surface area contributed by atoms with E-state index in [-0.39, 0.29) is 50.7 Å². The summed E-state index contributed by atoms with van der Waals surface area (Å²) >= 11 is 0. The Morgan fingerprint density at radius 1 is 0.608 bits per heavy atom. The van der Waals surface area contributed by atoms with Gasteiger partial charge in [0.05, 0.1) is 50.8 Å². The molecular weight excluding hydrogens is 1020 g/mol. The van der Waals surface area contributed by atoms with Gasteiger partial charge in [-0.1, -0.05) is 137 Å². The molecule has 1 aliphatic heterocycles. The summed E-state index contributed by atoms with van der Waals surface area (Å²) in [6.45, 7) is 18.6. The number of rotatable bonds is 14. The molecule has 19 atom stereocenters. The monoisotopic (exact) mass is 1130 g/mol. The fourth-order valence-electron chi connectivity index (χ4n) is 18.8. The molecule has 9 aliphatic rings. The van der Waals surface area contributed by atoms with Crippen LogP contribution in [0.4, 0.5) is 0 Å². The van der Waals surface area contributed by atoms with Gasteiger partial charge in [-0.2, -0.15) is 0 Å². The van der Waals surface area contributed by atoms with Gasteiger partial charge in [0, 0.05) is 0 Å². The number of aliphatic hydroxyl groups is 3. The fraction of sp³-hybridized carbons (Fsp3) is 0.768. The van der Waals surface area contributed by atoms with E-state index in [9.17, 15) is 32.2 Å². The second-order valence-electron chi connectivity index (χ2n) is 27.1. The molecule has 0 amide bonds. The first kappa shape index (κ1) is 65.8. The van der Waals surface area contributed by atoms with Gasteiger partial charge in [-0.15, -0.1) is 0 Å². The van der Waals surface area contributed by atoms with Crippen molar-refractivity contribution in [3.05, 3.63) is 84.0 Å². The average molecular weight is 1130 g/mol. The predicted octanol–water partition coefficient (Wildman–Crippen LogP) is 16.1. The Morgan fingerprint density at radius 2 is 1.06 bits per heavy atom. The minimum absolute atomic E-state index is 0. The maximum Gasteiger partial charge on any atom is 0.181 e. The van der Waals surface area contributed by atoms with E-state index < -0.39 is 42.2 Å². The molecule has 2 aromatic rings. The van der Waals surface area contributed by atoms with Crippen LogP contribution in [0.1, 0.15) is 213 Å². The van der Waals surface area contributed by atoms with Crippen molar-refractivity contribution in [2.75, 3.05) is 12.4 Å². The SMILES string of the molecule is C.C.C.CCC(O)CC([C@@H](C)[C@H]1CC[C@H]2[C@@H]3CC=C4C[C@](O)(CC)CC[C@@H]4[C@H]3CC[C@]12C)S(=O)(=O)c1ccccc1.CCC1CO1.CC[C@]1(O)CC[C@H]2C(=CC[C@@H]3[C@@H]2CC[C@]2(C)[C@@H]([C@H](C)CS(=O)(=O)c4ccccc4)CC[C@@H]32)C1. The van der Waals surface area contributed by atoms with Gasteiger partial charge in [-0.25, -0.2) is 16.8 Å². The van der Waals surface area contributed by atoms with Gasteiger partial charge in [-0.3, -0.25) is 0 Å². The Balaban J connectivity index is 0.000000228. The van der Waals surface area contributed by atoms with Crippen LogP contribution in [0.5, 0.6) is 0 Å². The molecule has 79 heavy (non-hydrogen) atoms. The van der Waals surface area contributed by atoms with Crippen LogP contribution in [0.2, 0.25) is 0 Å². The molecule has 7 fully saturated rings. The molecule has 0 aromatic heterocycles. The maximum absolute atomic E-state index is 14.0. The van der Waals surface area contributed by atoms with Crippen LogP contribution in [0.3, 0.4) is 0 Å². The van der Waals surface area contributed by atoms with Gasteiger partial charge < -0.3 is 20.1 Å². The summed E-state index contributed by atoms with van der Waals surface area (Å²) in [6, 6.07) is 17.9. The van der Waals surface area contributed by atoms with E-state index in [1.807, 2.05) is 31.2 Å². The first-order valence-electron chi connectivity index (χ1n) is 30.8. The molecular formula is C69H112O8S2. The van der Waals surface area contributed by atoms with Crippen LogP contribution < -0.4 is 0 Å². The van der Waals surface area contributed by atoms with E-state index in [1.54, 1.807) is 42.0 Å². The molecule has 6 saturated carbocycles. The van der Waals surface area contributed by atoms with E-state index in [2.05, 4.69) is 60.6 Å². The largest absolute Gasteiger partial charge is 0.393 e. The molecule has 448 valence electrons. The smallest absolute Gasteiger partial charge is 0.181 e. The van der Waals surface area contributed by atoms with Crippen molar-refractivity contribution >= 4 is 19.7 Å². The second-order valence-corrected chi connectivity index (χ2v) is 31.3. The molecule has 0 radical (unpaired) electrons. The Labute approximate surface area is 483 Å². The van der Waals surface area contributed by atoms with Crippen LogP contribution in [-0.4, -0.2) is 73.2 Å². The van der Waals surface area contributed by atoms with Gasteiger partial charge in [-0.05, 0) is 241 Å². The molecule has 3 unspecified atom stereocenters. The topological polar surface area (TPSA) is 142 Å². The summed E-state index contributed by atoms with van der Waals surface area (Å²) in [5.41, 5.74) is 2.50. The third-order valence-electron chi connectivity index (χ3n) is 23.4. The maximum atomic E-state index is 14.0. The van der Waals surface area contributed by atoms with Crippen molar-refractivity contribution < 1.29 is 36.9 Å². The van der Waals surface area contributed by atoms with Crippen molar-refractivity contribution in [3.8, 4) is 0 Å². The van der Waals surface area contributed by atoms with Crippen LogP contribution in [0.15, 0.2) is 93.8 Å². The van der Waals surface area contributed by atoms with Gasteiger partial charge in [0.25, 0.3) is 0 Å². The van der Waals surface area contributed by atoms with Crippen molar-refractivity contribution in [3.63, 3.8) is 0 Å². The third kappa shape index (κ3) is 13.3. The normalized spacial score (nSPS) is 38.4. The van der Waals surface area contributed by atoms with E-state index in [0.29, 0.717) is 76.1 Å². The number of aliphatic hydroxyl groups excluding tert-OH is 1. The molecule has 0 spiro atoms. The predicted molar refractivity (Wildman–Crippen MR) is 327 cm³/mol. The molecule has 10 heteroatoms. The van der Waals surface area contributed by atoms with Crippen LogP contribution in [0, 0.1) is 81.8 Å². The Morgan fingerprint density at radius 3 is 1.49 bits per heavy atom. The standard InChI is InChI=1S/C33H50O4S.C29H42O3S.C4H8O.3CH4/c1-5-24(34)20-31(38(36,37)25-10-8-7-9-11-25)22(3)29-14-15-30-28-13-12-23-21-33(35,6-2)19-17-26(23)27(28)16-18-32(29,30)4;1-4-29(30)17-15-23-21(18-29)10-11-25-24(23)14-16-28(3)26(12-13-27(25)28)20(2)19-33(31,32)22-8-6-5-7-9-22;1-2-4-3-5-4;;;/h7-12,22,24,26-31,34-35H,5-6,13-21H2,1-4H3;5-10,20,23-27,30H,4,11-19H2,1-3H3;4H,2-3H2,1H3;3*1H4/t22-,24?,26-,27+,28+,29+,30-,31?,32+,33-;20-,23+,24-,25-,26-,27+,28-,29+;;;;/m01..../s1. The zero-order valence-electron chi connectivity index (χ0n) is 48.1. The minimum atomic E-state index is -3.55. The lowest BCUT2D eigenvalue weighted by atomic mass is 9.50. The highest BCUT2D eigenvalue weighted by atomic mass is 32.2.